The van der Waals surface area contributed by atoms with Gasteiger partial charge in [-0.15, -0.1) is 0 Å². The Kier molecular flexibility index (Phi) is 6.11. The molecule has 0 aliphatic carbocycles. The normalized spacial score (nSPS) is 10.4. The predicted molar refractivity (Wildman–Crippen MR) is 101 cm³/mol. The van der Waals surface area contributed by atoms with Gasteiger partial charge in [0.1, 0.15) is 17.4 Å². The van der Waals surface area contributed by atoms with Crippen molar-refractivity contribution in [2.75, 3.05) is 26.1 Å². The third kappa shape index (κ3) is 4.59. The summed E-state index contributed by atoms with van der Waals surface area (Å²) in [6.45, 7) is 0.168. The van der Waals surface area contributed by atoms with Crippen LogP contribution in [-0.4, -0.2) is 36.5 Å². The number of hydrogen-bond acceptors (Lipinski definition) is 5. The SMILES string of the molecule is COc1cccc(Cn2nccc2NC(=O)COc2ccc(F)cc2)c1OC. The van der Waals surface area contributed by atoms with Gasteiger partial charge in [-0.1, -0.05) is 12.1 Å². The monoisotopic (exact) mass is 385 g/mol. The summed E-state index contributed by atoms with van der Waals surface area (Å²) in [4.78, 5) is 12.2. The van der Waals surface area contributed by atoms with Crippen LogP contribution in [0.3, 0.4) is 0 Å². The molecule has 28 heavy (non-hydrogen) atoms. The number of ether oxygens (including phenoxy) is 3. The van der Waals surface area contributed by atoms with Gasteiger partial charge < -0.3 is 19.5 Å². The molecule has 7 nitrogen and oxygen atoms in total. The standard InChI is InChI=1S/C20H20FN3O4/c1-26-17-5-3-4-14(20(17)27-2)12-24-18(10-11-22-24)23-19(25)13-28-16-8-6-15(21)7-9-16/h3-11H,12-13H2,1-2H3,(H,23,25). The lowest BCUT2D eigenvalue weighted by Gasteiger charge is -2.14. The lowest BCUT2D eigenvalue weighted by atomic mass is 10.2. The number of benzene rings is 2. The van der Waals surface area contributed by atoms with Crippen LogP contribution in [0.25, 0.3) is 0 Å². The average molecular weight is 385 g/mol. The Morgan fingerprint density at radius 2 is 1.89 bits per heavy atom. The van der Waals surface area contributed by atoms with Crippen LogP contribution in [-0.2, 0) is 11.3 Å². The summed E-state index contributed by atoms with van der Waals surface area (Å²) in [5.41, 5.74) is 0.851. The van der Waals surface area contributed by atoms with Crippen molar-refractivity contribution in [1.29, 1.82) is 0 Å². The quantitative estimate of drug-likeness (QED) is 0.645. The van der Waals surface area contributed by atoms with Crippen LogP contribution in [0.15, 0.2) is 54.7 Å². The van der Waals surface area contributed by atoms with Gasteiger partial charge >= 0.3 is 0 Å². The number of carbonyl (C=O) groups excluding carboxylic acids is 1. The molecule has 0 bridgehead atoms. The summed E-state index contributed by atoms with van der Waals surface area (Å²) in [5, 5.41) is 7.00. The highest BCUT2D eigenvalue weighted by Gasteiger charge is 2.13. The number of aromatic nitrogens is 2. The summed E-state index contributed by atoms with van der Waals surface area (Å²) < 4.78 is 30.6. The number of nitrogens with zero attached hydrogens (tertiary/aromatic N) is 2. The molecule has 0 aliphatic heterocycles. The lowest BCUT2D eigenvalue weighted by molar-refractivity contribution is -0.118. The van der Waals surface area contributed by atoms with Crippen LogP contribution < -0.4 is 19.5 Å². The Balaban J connectivity index is 1.65. The number of carbonyl (C=O) groups is 1. The minimum atomic E-state index is -0.367. The van der Waals surface area contributed by atoms with E-state index in [9.17, 15) is 9.18 Å². The van der Waals surface area contributed by atoms with Crippen LogP contribution in [0.4, 0.5) is 10.2 Å². The smallest absolute Gasteiger partial charge is 0.263 e. The minimum absolute atomic E-state index is 0.209. The molecular weight excluding hydrogens is 365 g/mol. The fourth-order valence-corrected chi connectivity index (χ4v) is 2.66. The van der Waals surface area contributed by atoms with Crippen molar-refractivity contribution in [3.05, 3.63) is 66.1 Å². The maximum Gasteiger partial charge on any atom is 0.263 e. The van der Waals surface area contributed by atoms with Crippen molar-refractivity contribution in [3.8, 4) is 17.2 Å². The van der Waals surface area contributed by atoms with E-state index in [-0.39, 0.29) is 18.3 Å². The first-order valence-electron chi connectivity index (χ1n) is 8.50. The van der Waals surface area contributed by atoms with Crippen molar-refractivity contribution >= 4 is 11.7 Å². The summed E-state index contributed by atoms with van der Waals surface area (Å²) in [6, 6.07) is 12.7. The number of amides is 1. The van der Waals surface area contributed by atoms with Gasteiger partial charge in [0.05, 0.1) is 27.0 Å². The number of halogens is 1. The van der Waals surface area contributed by atoms with Gasteiger partial charge in [-0.3, -0.25) is 4.79 Å². The average Bonchev–Trinajstić information content (AvgIpc) is 3.13. The van der Waals surface area contributed by atoms with Crippen molar-refractivity contribution in [1.82, 2.24) is 9.78 Å². The number of anilines is 1. The van der Waals surface area contributed by atoms with Gasteiger partial charge in [-0.2, -0.15) is 5.10 Å². The van der Waals surface area contributed by atoms with Crippen molar-refractivity contribution < 1.29 is 23.4 Å². The minimum Gasteiger partial charge on any atom is -0.493 e. The number of methoxy groups -OCH3 is 2. The molecule has 1 aromatic heterocycles. The van der Waals surface area contributed by atoms with E-state index >= 15 is 0 Å². The van der Waals surface area contributed by atoms with E-state index in [2.05, 4.69) is 10.4 Å². The van der Waals surface area contributed by atoms with Gasteiger partial charge in [-0.05, 0) is 30.3 Å². The van der Waals surface area contributed by atoms with Gasteiger partial charge in [0, 0.05) is 11.6 Å². The molecule has 0 aliphatic rings. The molecule has 3 rings (SSSR count). The molecule has 0 spiro atoms. The lowest BCUT2D eigenvalue weighted by Crippen LogP contribution is -2.22. The number of hydrogen-bond donors (Lipinski definition) is 1. The molecule has 1 N–H and O–H groups in total. The topological polar surface area (TPSA) is 74.6 Å². The van der Waals surface area contributed by atoms with Gasteiger partial charge in [0.15, 0.2) is 18.1 Å². The second-order valence-electron chi connectivity index (χ2n) is 5.82. The summed E-state index contributed by atoms with van der Waals surface area (Å²) in [7, 11) is 3.14. The van der Waals surface area contributed by atoms with Crippen LogP contribution in [0.1, 0.15) is 5.56 Å². The largest absolute Gasteiger partial charge is 0.493 e. The molecule has 2 aromatic carbocycles. The zero-order valence-electron chi connectivity index (χ0n) is 15.5. The zero-order chi connectivity index (χ0) is 19.9. The third-order valence-electron chi connectivity index (χ3n) is 3.97. The fraction of sp³-hybridized carbons (Fsp3) is 0.200. The Morgan fingerprint density at radius 3 is 2.61 bits per heavy atom. The van der Waals surface area contributed by atoms with E-state index in [0.29, 0.717) is 29.6 Å². The zero-order valence-corrected chi connectivity index (χ0v) is 15.5. The molecule has 0 unspecified atom stereocenters. The Bertz CT molecular complexity index is 941. The highest BCUT2D eigenvalue weighted by Crippen LogP contribution is 2.31. The second-order valence-corrected chi connectivity index (χ2v) is 5.82. The Hall–Kier alpha value is -3.55. The summed E-state index contributed by atoms with van der Waals surface area (Å²) >= 11 is 0. The van der Waals surface area contributed by atoms with E-state index in [1.807, 2.05) is 12.1 Å². The summed E-state index contributed by atoms with van der Waals surface area (Å²) in [6.07, 6.45) is 1.59. The van der Waals surface area contributed by atoms with E-state index < -0.39 is 0 Å². The maximum atomic E-state index is 12.9. The Morgan fingerprint density at radius 1 is 1.11 bits per heavy atom. The fourth-order valence-electron chi connectivity index (χ4n) is 2.66. The number of nitrogens with one attached hydrogen (secondary N) is 1. The first-order chi connectivity index (χ1) is 13.6. The van der Waals surface area contributed by atoms with Gasteiger partial charge in [0.2, 0.25) is 0 Å². The number of rotatable bonds is 8. The van der Waals surface area contributed by atoms with Crippen LogP contribution in [0.2, 0.25) is 0 Å². The van der Waals surface area contributed by atoms with Gasteiger partial charge in [0.25, 0.3) is 5.91 Å². The molecule has 0 saturated carbocycles. The third-order valence-corrected chi connectivity index (χ3v) is 3.97. The van der Waals surface area contributed by atoms with E-state index in [0.717, 1.165) is 5.56 Å². The van der Waals surface area contributed by atoms with Crippen molar-refractivity contribution in [3.63, 3.8) is 0 Å². The molecule has 8 heteroatoms. The van der Waals surface area contributed by atoms with Crippen LogP contribution >= 0.6 is 0 Å². The highest BCUT2D eigenvalue weighted by atomic mass is 19.1. The predicted octanol–water partition coefficient (Wildman–Crippen LogP) is 3.11. The molecule has 0 fully saturated rings. The van der Waals surface area contributed by atoms with Crippen LogP contribution in [0, 0.1) is 5.82 Å². The van der Waals surface area contributed by atoms with E-state index in [1.54, 1.807) is 37.2 Å². The van der Waals surface area contributed by atoms with Crippen molar-refractivity contribution in [2.45, 2.75) is 6.54 Å². The first-order valence-corrected chi connectivity index (χ1v) is 8.50. The van der Waals surface area contributed by atoms with E-state index in [1.165, 1.54) is 24.3 Å². The number of para-hydroxylation sites is 1. The summed E-state index contributed by atoms with van der Waals surface area (Å²) in [5.74, 6) is 1.42. The first kappa shape index (κ1) is 19.2. The maximum absolute atomic E-state index is 12.9. The van der Waals surface area contributed by atoms with Gasteiger partial charge in [-0.25, -0.2) is 9.07 Å². The highest BCUT2D eigenvalue weighted by molar-refractivity contribution is 5.91. The Labute approximate surface area is 161 Å². The molecule has 0 saturated heterocycles. The second kappa shape index (κ2) is 8.90. The molecule has 3 aromatic rings. The van der Waals surface area contributed by atoms with E-state index in [4.69, 9.17) is 14.2 Å². The molecule has 0 radical (unpaired) electrons. The molecule has 0 atom stereocenters. The molecule has 146 valence electrons. The van der Waals surface area contributed by atoms with Crippen molar-refractivity contribution in [2.24, 2.45) is 0 Å². The molecule has 1 amide bonds. The molecular formula is C20H20FN3O4. The van der Waals surface area contributed by atoms with Crippen LogP contribution in [0.5, 0.6) is 17.2 Å². The molecule has 1 heterocycles.